The zero-order valence-corrected chi connectivity index (χ0v) is 16.2. The van der Waals surface area contributed by atoms with Crippen LogP contribution < -0.4 is 0 Å². The lowest BCUT2D eigenvalue weighted by Crippen LogP contribution is -2.01. The number of tetrazole rings is 1. The molecule has 0 bridgehead atoms. The van der Waals surface area contributed by atoms with Crippen molar-refractivity contribution < 1.29 is 4.92 Å². The van der Waals surface area contributed by atoms with E-state index in [2.05, 4.69) is 43.6 Å². The predicted octanol–water partition coefficient (Wildman–Crippen LogP) is 4.80. The van der Waals surface area contributed by atoms with Crippen LogP contribution in [0.3, 0.4) is 0 Å². The Kier molecular flexibility index (Phi) is 4.94. The van der Waals surface area contributed by atoms with Gasteiger partial charge in [0.25, 0.3) is 5.69 Å². The lowest BCUT2D eigenvalue weighted by Gasteiger charge is -2.12. The monoisotopic (exact) mass is 435 g/mol. The Morgan fingerprint density at radius 2 is 1.71 bits per heavy atom. The van der Waals surface area contributed by atoms with Gasteiger partial charge < -0.3 is 0 Å². The second-order valence-corrected chi connectivity index (χ2v) is 6.63. The SMILES string of the molecule is O=[N+]([O-])c1ccc(-n2nnnc2-c2cc(CBr)ccc2-c2ccccc2)cc1. The van der Waals surface area contributed by atoms with Crippen molar-refractivity contribution >= 4 is 21.6 Å². The molecule has 3 aromatic carbocycles. The number of nitrogens with zero attached hydrogens (tertiary/aromatic N) is 5. The normalized spacial score (nSPS) is 10.8. The number of rotatable bonds is 5. The van der Waals surface area contributed by atoms with Crippen molar-refractivity contribution in [1.82, 2.24) is 20.2 Å². The van der Waals surface area contributed by atoms with E-state index < -0.39 is 4.92 Å². The molecule has 0 amide bonds. The van der Waals surface area contributed by atoms with Gasteiger partial charge in [0, 0.05) is 23.0 Å². The molecule has 4 aromatic rings. The summed E-state index contributed by atoms with van der Waals surface area (Å²) < 4.78 is 1.59. The molecule has 7 nitrogen and oxygen atoms in total. The minimum atomic E-state index is -0.433. The van der Waals surface area contributed by atoms with Gasteiger partial charge >= 0.3 is 0 Å². The molecule has 28 heavy (non-hydrogen) atoms. The Morgan fingerprint density at radius 3 is 2.39 bits per heavy atom. The van der Waals surface area contributed by atoms with Gasteiger partial charge in [0.2, 0.25) is 0 Å². The lowest BCUT2D eigenvalue weighted by molar-refractivity contribution is -0.384. The quantitative estimate of drug-likeness (QED) is 0.255. The maximum absolute atomic E-state index is 10.9. The van der Waals surface area contributed by atoms with Crippen LogP contribution in [0.25, 0.3) is 28.2 Å². The zero-order chi connectivity index (χ0) is 19.5. The zero-order valence-electron chi connectivity index (χ0n) is 14.6. The molecule has 0 radical (unpaired) electrons. The minimum Gasteiger partial charge on any atom is -0.258 e. The van der Waals surface area contributed by atoms with Crippen LogP contribution in [0.2, 0.25) is 0 Å². The fraction of sp³-hybridized carbons (Fsp3) is 0.0500. The standard InChI is InChI=1S/C20H14BrN5O2/c21-13-14-6-11-18(15-4-2-1-3-5-15)19(12-14)20-22-23-24-25(20)16-7-9-17(10-8-16)26(27)28/h1-12H,13H2. The van der Waals surface area contributed by atoms with Gasteiger partial charge in [-0.2, -0.15) is 4.68 Å². The summed E-state index contributed by atoms with van der Waals surface area (Å²) in [6.07, 6.45) is 0. The van der Waals surface area contributed by atoms with Crippen molar-refractivity contribution in [3.63, 3.8) is 0 Å². The Hall–Kier alpha value is -3.39. The average Bonchev–Trinajstić information content (AvgIpc) is 3.23. The maximum atomic E-state index is 10.9. The first-order chi connectivity index (χ1) is 13.7. The third-order valence-corrected chi connectivity index (χ3v) is 4.99. The first kappa shape index (κ1) is 18.0. The van der Waals surface area contributed by atoms with Crippen molar-refractivity contribution in [1.29, 1.82) is 0 Å². The van der Waals surface area contributed by atoms with Crippen molar-refractivity contribution in [3.05, 3.63) is 88.5 Å². The highest BCUT2D eigenvalue weighted by molar-refractivity contribution is 9.08. The summed E-state index contributed by atoms with van der Waals surface area (Å²) >= 11 is 3.50. The van der Waals surface area contributed by atoms with Crippen LogP contribution in [0, 0.1) is 10.1 Å². The van der Waals surface area contributed by atoms with E-state index in [1.807, 2.05) is 36.4 Å². The van der Waals surface area contributed by atoms with E-state index in [1.54, 1.807) is 16.8 Å². The Labute approximate surface area is 168 Å². The molecule has 1 aromatic heterocycles. The summed E-state index contributed by atoms with van der Waals surface area (Å²) in [6.45, 7) is 0. The van der Waals surface area contributed by atoms with E-state index in [0.717, 1.165) is 22.3 Å². The number of benzene rings is 3. The number of aromatic nitrogens is 4. The molecule has 0 fully saturated rings. The van der Waals surface area contributed by atoms with Gasteiger partial charge in [-0.15, -0.1) is 5.10 Å². The van der Waals surface area contributed by atoms with Gasteiger partial charge in [-0.1, -0.05) is 58.4 Å². The van der Waals surface area contributed by atoms with Gasteiger partial charge in [0.15, 0.2) is 5.82 Å². The summed E-state index contributed by atoms with van der Waals surface area (Å²) in [5.41, 5.74) is 4.69. The highest BCUT2D eigenvalue weighted by Crippen LogP contribution is 2.33. The molecule has 0 saturated carbocycles. The van der Waals surface area contributed by atoms with Crippen molar-refractivity contribution in [2.45, 2.75) is 5.33 Å². The molecule has 4 rings (SSSR count). The van der Waals surface area contributed by atoms with Crippen LogP contribution in [-0.2, 0) is 5.33 Å². The van der Waals surface area contributed by atoms with Crippen LogP contribution in [-0.4, -0.2) is 25.1 Å². The second kappa shape index (κ2) is 7.69. The number of hydrogen-bond acceptors (Lipinski definition) is 5. The first-order valence-electron chi connectivity index (χ1n) is 8.45. The number of non-ortho nitro benzene ring substituents is 1. The van der Waals surface area contributed by atoms with Gasteiger partial charge in [-0.25, -0.2) is 0 Å². The summed E-state index contributed by atoms with van der Waals surface area (Å²) in [5.74, 6) is 0.565. The summed E-state index contributed by atoms with van der Waals surface area (Å²) in [5, 5.41) is 23.8. The number of halogens is 1. The molecule has 0 saturated heterocycles. The number of alkyl halides is 1. The van der Waals surface area contributed by atoms with Crippen molar-refractivity contribution in [2.24, 2.45) is 0 Å². The first-order valence-corrected chi connectivity index (χ1v) is 9.57. The average molecular weight is 436 g/mol. The summed E-state index contributed by atoms with van der Waals surface area (Å²) in [7, 11) is 0. The number of nitro benzene ring substituents is 1. The Bertz CT molecular complexity index is 1130. The van der Waals surface area contributed by atoms with Crippen LogP contribution >= 0.6 is 15.9 Å². The lowest BCUT2D eigenvalue weighted by atomic mass is 9.97. The summed E-state index contributed by atoms with van der Waals surface area (Å²) in [4.78, 5) is 10.5. The molecule has 0 aliphatic heterocycles. The Balaban J connectivity index is 1.87. The predicted molar refractivity (Wildman–Crippen MR) is 109 cm³/mol. The second-order valence-electron chi connectivity index (χ2n) is 6.07. The molecule has 0 atom stereocenters. The molecule has 0 spiro atoms. The molecule has 0 aliphatic rings. The van der Waals surface area contributed by atoms with Gasteiger partial charge in [-0.05, 0) is 45.3 Å². The third kappa shape index (κ3) is 3.41. The van der Waals surface area contributed by atoms with E-state index in [9.17, 15) is 10.1 Å². The van der Waals surface area contributed by atoms with Crippen LogP contribution in [0.1, 0.15) is 5.56 Å². The highest BCUT2D eigenvalue weighted by Gasteiger charge is 2.17. The smallest absolute Gasteiger partial charge is 0.258 e. The number of nitro groups is 1. The molecular weight excluding hydrogens is 422 g/mol. The van der Waals surface area contributed by atoms with Gasteiger partial charge in [0.05, 0.1) is 10.6 Å². The topological polar surface area (TPSA) is 86.7 Å². The van der Waals surface area contributed by atoms with E-state index in [-0.39, 0.29) is 5.69 Å². The maximum Gasteiger partial charge on any atom is 0.269 e. The fourth-order valence-electron chi connectivity index (χ4n) is 2.97. The van der Waals surface area contributed by atoms with Crippen LogP contribution in [0.15, 0.2) is 72.8 Å². The van der Waals surface area contributed by atoms with E-state index >= 15 is 0 Å². The minimum absolute atomic E-state index is 0.0182. The molecular formula is C20H14BrN5O2. The van der Waals surface area contributed by atoms with Crippen molar-refractivity contribution in [3.8, 4) is 28.2 Å². The van der Waals surface area contributed by atoms with Crippen LogP contribution in [0.5, 0.6) is 0 Å². The van der Waals surface area contributed by atoms with E-state index in [1.165, 1.54) is 12.1 Å². The Morgan fingerprint density at radius 1 is 0.964 bits per heavy atom. The largest absolute Gasteiger partial charge is 0.269 e. The number of hydrogen-bond donors (Lipinski definition) is 0. The third-order valence-electron chi connectivity index (χ3n) is 4.34. The molecule has 1 heterocycles. The van der Waals surface area contributed by atoms with E-state index in [0.29, 0.717) is 16.8 Å². The molecule has 8 heteroatoms. The van der Waals surface area contributed by atoms with Gasteiger partial charge in [0.1, 0.15) is 0 Å². The molecule has 0 unspecified atom stereocenters. The molecule has 138 valence electrons. The fourth-order valence-corrected chi connectivity index (χ4v) is 3.32. The van der Waals surface area contributed by atoms with E-state index in [4.69, 9.17) is 0 Å². The van der Waals surface area contributed by atoms with Gasteiger partial charge in [-0.3, -0.25) is 10.1 Å². The summed E-state index contributed by atoms with van der Waals surface area (Å²) in [6, 6.07) is 22.3. The highest BCUT2D eigenvalue weighted by atomic mass is 79.9. The molecule has 0 aliphatic carbocycles. The molecule has 0 N–H and O–H groups in total. The van der Waals surface area contributed by atoms with Crippen molar-refractivity contribution in [2.75, 3.05) is 0 Å². The van der Waals surface area contributed by atoms with Crippen LogP contribution in [0.4, 0.5) is 5.69 Å².